The van der Waals surface area contributed by atoms with Gasteiger partial charge in [-0.3, -0.25) is 0 Å². The fourth-order valence-corrected chi connectivity index (χ4v) is 2.89. The summed E-state index contributed by atoms with van der Waals surface area (Å²) < 4.78 is 0. The fraction of sp³-hybridized carbons (Fsp3) is 0.500. The molecular formula is C20H29N. The van der Waals surface area contributed by atoms with E-state index >= 15 is 0 Å². The van der Waals surface area contributed by atoms with Gasteiger partial charge in [-0.05, 0) is 42.4 Å². The van der Waals surface area contributed by atoms with Crippen molar-refractivity contribution in [3.05, 3.63) is 42.1 Å². The van der Waals surface area contributed by atoms with Crippen LogP contribution in [0.5, 0.6) is 0 Å². The molecule has 0 spiro atoms. The third-order valence-corrected chi connectivity index (χ3v) is 4.21. The molecule has 0 aliphatic heterocycles. The Morgan fingerprint density at radius 2 is 1.76 bits per heavy atom. The first-order valence-electron chi connectivity index (χ1n) is 8.62. The normalized spacial score (nSPS) is 12.2. The van der Waals surface area contributed by atoms with E-state index in [1.165, 1.54) is 67.1 Å². The summed E-state index contributed by atoms with van der Waals surface area (Å²) >= 11 is 0. The Labute approximate surface area is 129 Å². The van der Waals surface area contributed by atoms with E-state index in [2.05, 4.69) is 55.2 Å². The molecule has 0 atom stereocenters. The van der Waals surface area contributed by atoms with E-state index in [9.17, 15) is 0 Å². The third-order valence-electron chi connectivity index (χ3n) is 4.21. The lowest BCUT2D eigenvalue weighted by Gasteiger charge is -2.03. The number of rotatable bonds is 9. The van der Waals surface area contributed by atoms with E-state index in [0.717, 1.165) is 6.42 Å². The van der Waals surface area contributed by atoms with Crippen molar-refractivity contribution in [2.75, 3.05) is 0 Å². The zero-order chi connectivity index (χ0) is 14.9. The minimum atomic E-state index is 1.10. The van der Waals surface area contributed by atoms with Crippen LogP contribution in [0.15, 0.2) is 36.4 Å². The van der Waals surface area contributed by atoms with Crippen LogP contribution in [-0.4, -0.2) is 4.98 Å². The molecule has 0 aliphatic rings. The molecule has 0 aliphatic carbocycles. The Morgan fingerprint density at radius 3 is 2.52 bits per heavy atom. The van der Waals surface area contributed by atoms with E-state index in [1.54, 1.807) is 0 Å². The molecule has 21 heavy (non-hydrogen) atoms. The van der Waals surface area contributed by atoms with Gasteiger partial charge in [0.25, 0.3) is 0 Å². The molecule has 1 heteroatoms. The van der Waals surface area contributed by atoms with Crippen molar-refractivity contribution < 1.29 is 0 Å². The molecule has 1 N–H and O–H groups in total. The van der Waals surface area contributed by atoms with Gasteiger partial charge in [0.05, 0.1) is 0 Å². The zero-order valence-corrected chi connectivity index (χ0v) is 13.6. The number of aromatic amines is 1. The van der Waals surface area contributed by atoms with Crippen molar-refractivity contribution in [1.82, 2.24) is 4.98 Å². The number of H-pyrrole nitrogens is 1. The first-order chi connectivity index (χ1) is 10.3. The van der Waals surface area contributed by atoms with Gasteiger partial charge in [-0.1, -0.05) is 70.2 Å². The topological polar surface area (TPSA) is 15.8 Å². The van der Waals surface area contributed by atoms with Gasteiger partial charge in [0.15, 0.2) is 0 Å². The number of hydrogen-bond acceptors (Lipinski definition) is 0. The van der Waals surface area contributed by atoms with Crippen molar-refractivity contribution in [3.63, 3.8) is 0 Å². The minimum Gasteiger partial charge on any atom is -0.355 e. The summed E-state index contributed by atoms with van der Waals surface area (Å²) in [5, 5.41) is 1.31. The highest BCUT2D eigenvalue weighted by molar-refractivity contribution is 5.84. The van der Waals surface area contributed by atoms with Crippen molar-refractivity contribution >= 4 is 16.5 Å². The van der Waals surface area contributed by atoms with Crippen LogP contribution >= 0.6 is 0 Å². The van der Waals surface area contributed by atoms with Crippen LogP contribution in [0.1, 0.15) is 70.9 Å². The van der Waals surface area contributed by atoms with Gasteiger partial charge >= 0.3 is 0 Å². The maximum atomic E-state index is 3.55. The summed E-state index contributed by atoms with van der Waals surface area (Å²) in [6, 6.07) is 10.8. The van der Waals surface area contributed by atoms with Crippen LogP contribution in [0.4, 0.5) is 0 Å². The lowest BCUT2D eigenvalue weighted by molar-refractivity contribution is 0.611. The minimum absolute atomic E-state index is 1.10. The number of nitrogens with one attached hydrogen (secondary N) is 1. The average Bonchev–Trinajstić information content (AvgIpc) is 2.94. The molecular weight excluding hydrogens is 254 g/mol. The van der Waals surface area contributed by atoms with Gasteiger partial charge in [-0.2, -0.15) is 0 Å². The molecule has 1 heterocycles. The summed E-state index contributed by atoms with van der Waals surface area (Å²) in [4.78, 5) is 3.55. The molecule has 0 amide bonds. The predicted molar refractivity (Wildman–Crippen MR) is 94.6 cm³/mol. The second-order valence-corrected chi connectivity index (χ2v) is 5.91. The Hall–Kier alpha value is -1.50. The molecule has 2 rings (SSSR count). The molecule has 0 bridgehead atoms. The fourth-order valence-electron chi connectivity index (χ4n) is 2.89. The van der Waals surface area contributed by atoms with Crippen LogP contribution in [0.3, 0.4) is 0 Å². The van der Waals surface area contributed by atoms with Gasteiger partial charge < -0.3 is 4.98 Å². The molecule has 0 saturated heterocycles. The number of fused-ring (bicyclic) bond motifs is 1. The number of aromatic nitrogens is 1. The summed E-state index contributed by atoms with van der Waals surface area (Å²) in [6.45, 7) is 4.52. The summed E-state index contributed by atoms with van der Waals surface area (Å²) in [5.74, 6) is 0. The van der Waals surface area contributed by atoms with Crippen LogP contribution in [0, 0.1) is 0 Å². The highest BCUT2D eigenvalue weighted by Crippen LogP contribution is 2.23. The lowest BCUT2D eigenvalue weighted by atomic mass is 10.1. The molecule has 1 nitrogen and oxygen atoms in total. The maximum Gasteiger partial charge on any atom is 0.0458 e. The van der Waals surface area contributed by atoms with E-state index in [1.807, 2.05) is 0 Å². The number of allylic oxidation sites excluding steroid dienone is 2. The number of para-hydroxylation sites is 1. The summed E-state index contributed by atoms with van der Waals surface area (Å²) in [6.07, 6.45) is 13.0. The molecule has 114 valence electrons. The SMILES string of the molecule is CCCCCCCC/C=C(\CC)c1cc2ccccc2[nH]1. The van der Waals surface area contributed by atoms with Crippen molar-refractivity contribution in [2.24, 2.45) is 0 Å². The standard InChI is InChI=1S/C20H29N/c1-3-5-6-7-8-9-10-13-17(4-2)20-16-18-14-11-12-15-19(18)21-20/h11-16,21H,3-10H2,1-2H3/b17-13+. The van der Waals surface area contributed by atoms with Crippen molar-refractivity contribution in [1.29, 1.82) is 0 Å². The Balaban J connectivity index is 1.88. The van der Waals surface area contributed by atoms with Crippen molar-refractivity contribution in [2.45, 2.75) is 65.2 Å². The molecule has 2 aromatic rings. The van der Waals surface area contributed by atoms with Crippen LogP contribution < -0.4 is 0 Å². The van der Waals surface area contributed by atoms with Gasteiger partial charge in [0.2, 0.25) is 0 Å². The van der Waals surface area contributed by atoms with Gasteiger partial charge in [0, 0.05) is 11.2 Å². The summed E-state index contributed by atoms with van der Waals surface area (Å²) in [5.41, 5.74) is 4.00. The molecule has 0 radical (unpaired) electrons. The summed E-state index contributed by atoms with van der Waals surface area (Å²) in [7, 11) is 0. The smallest absolute Gasteiger partial charge is 0.0458 e. The molecule has 1 aromatic heterocycles. The van der Waals surface area contributed by atoms with E-state index in [0.29, 0.717) is 0 Å². The van der Waals surface area contributed by atoms with E-state index < -0.39 is 0 Å². The van der Waals surface area contributed by atoms with Gasteiger partial charge in [-0.15, -0.1) is 0 Å². The highest BCUT2D eigenvalue weighted by Gasteiger charge is 2.03. The molecule has 0 fully saturated rings. The largest absolute Gasteiger partial charge is 0.355 e. The maximum absolute atomic E-state index is 3.55. The number of benzene rings is 1. The highest BCUT2D eigenvalue weighted by atomic mass is 14.7. The van der Waals surface area contributed by atoms with E-state index in [-0.39, 0.29) is 0 Å². The second-order valence-electron chi connectivity index (χ2n) is 5.91. The monoisotopic (exact) mass is 283 g/mol. The Bertz CT molecular complexity index is 529. The Morgan fingerprint density at radius 1 is 1.00 bits per heavy atom. The zero-order valence-electron chi connectivity index (χ0n) is 13.6. The molecule has 0 unspecified atom stereocenters. The first kappa shape index (κ1) is 15.9. The third kappa shape index (κ3) is 4.77. The van der Waals surface area contributed by atoms with Crippen molar-refractivity contribution in [3.8, 4) is 0 Å². The average molecular weight is 283 g/mol. The van der Waals surface area contributed by atoms with Crippen LogP contribution in [-0.2, 0) is 0 Å². The first-order valence-corrected chi connectivity index (χ1v) is 8.62. The van der Waals surface area contributed by atoms with E-state index in [4.69, 9.17) is 0 Å². The van der Waals surface area contributed by atoms with Gasteiger partial charge in [0.1, 0.15) is 0 Å². The lowest BCUT2D eigenvalue weighted by Crippen LogP contribution is -1.84. The molecule has 0 saturated carbocycles. The van der Waals surface area contributed by atoms with Gasteiger partial charge in [-0.25, -0.2) is 0 Å². The Kier molecular flexibility index (Phi) is 6.59. The number of hydrogen-bond donors (Lipinski definition) is 1. The second kappa shape index (κ2) is 8.71. The quantitative estimate of drug-likeness (QED) is 0.492. The van der Waals surface area contributed by atoms with Crippen LogP contribution in [0.25, 0.3) is 16.5 Å². The predicted octanol–water partition coefficient (Wildman–Crippen LogP) is 6.71. The molecule has 1 aromatic carbocycles. The number of unbranched alkanes of at least 4 members (excludes halogenated alkanes) is 6. The van der Waals surface area contributed by atoms with Crippen LogP contribution in [0.2, 0.25) is 0 Å².